The molecule has 1 aromatic rings. The van der Waals surface area contributed by atoms with Crippen molar-refractivity contribution in [3.63, 3.8) is 0 Å². The number of hydrogen-bond acceptors (Lipinski definition) is 4. The molecule has 1 N–H and O–H groups in total. The van der Waals surface area contributed by atoms with Gasteiger partial charge < -0.3 is 9.84 Å². The topological polar surface area (TPSA) is 66.8 Å². The summed E-state index contributed by atoms with van der Waals surface area (Å²) >= 11 is 0.948. The highest BCUT2D eigenvalue weighted by atomic mass is 32.2. The van der Waals surface area contributed by atoms with Crippen molar-refractivity contribution in [1.82, 2.24) is 0 Å². The molecule has 0 atom stereocenters. The highest BCUT2D eigenvalue weighted by Crippen LogP contribution is 2.37. The first-order valence-electron chi connectivity index (χ1n) is 5.79. The van der Waals surface area contributed by atoms with Crippen LogP contribution in [-0.4, -0.2) is 42.1 Å². The van der Waals surface area contributed by atoms with Crippen molar-refractivity contribution >= 4 is 29.3 Å². The van der Waals surface area contributed by atoms with Crippen LogP contribution in [0.25, 0.3) is 0 Å². The minimum Gasteiger partial charge on any atom is -0.490 e. The fourth-order valence-corrected chi connectivity index (χ4v) is 2.45. The molecule has 0 saturated carbocycles. The third kappa shape index (κ3) is 3.60. The van der Waals surface area contributed by atoms with Gasteiger partial charge in [0, 0.05) is 4.90 Å². The average molecular weight is 321 g/mol. The van der Waals surface area contributed by atoms with E-state index >= 15 is 0 Å². The van der Waals surface area contributed by atoms with Crippen LogP contribution in [0.1, 0.15) is 0 Å². The average Bonchev–Trinajstić information content (AvgIpc) is 2.42. The van der Waals surface area contributed by atoms with Crippen LogP contribution in [0.3, 0.4) is 0 Å². The molecule has 1 aliphatic heterocycles. The Labute approximate surface area is 121 Å². The zero-order valence-electron chi connectivity index (χ0n) is 10.5. The number of carbonyl (C=O) groups excluding carboxylic acids is 1. The van der Waals surface area contributed by atoms with Crippen molar-refractivity contribution in [2.75, 3.05) is 23.8 Å². The molecule has 1 aromatic carbocycles. The monoisotopic (exact) mass is 321 g/mol. The first kappa shape index (κ1) is 15.5. The summed E-state index contributed by atoms with van der Waals surface area (Å²) in [7, 11) is 0. The first-order valence-corrected chi connectivity index (χ1v) is 6.78. The maximum atomic E-state index is 12.6. The number of alkyl halides is 3. The van der Waals surface area contributed by atoms with E-state index in [1.165, 1.54) is 18.2 Å². The zero-order valence-corrected chi connectivity index (χ0v) is 11.3. The minimum absolute atomic E-state index is 0.000959. The number of carboxylic acid groups (broad SMARTS) is 1. The number of ether oxygens (including phenoxy) is 1. The lowest BCUT2D eigenvalue weighted by Crippen LogP contribution is -2.45. The molecule has 1 aliphatic rings. The van der Waals surface area contributed by atoms with Gasteiger partial charge in [0.1, 0.15) is 12.4 Å². The number of carbonyl (C=O) groups is 2. The Kier molecular flexibility index (Phi) is 4.31. The molecular weight excluding hydrogens is 311 g/mol. The third-order valence-corrected chi connectivity index (χ3v) is 3.62. The lowest BCUT2D eigenvalue weighted by Gasteiger charge is -2.30. The van der Waals surface area contributed by atoms with Gasteiger partial charge in [0.15, 0.2) is 0 Å². The van der Waals surface area contributed by atoms with Crippen LogP contribution in [0.4, 0.5) is 18.9 Å². The third-order valence-electron chi connectivity index (χ3n) is 2.64. The number of fused-ring (bicyclic) bond motifs is 1. The van der Waals surface area contributed by atoms with Crippen molar-refractivity contribution < 1.29 is 32.6 Å². The van der Waals surface area contributed by atoms with Crippen LogP contribution >= 0.6 is 11.8 Å². The zero-order chi connectivity index (χ0) is 15.6. The molecule has 1 heterocycles. The van der Waals surface area contributed by atoms with Gasteiger partial charge in [-0.2, -0.15) is 13.2 Å². The molecule has 114 valence electrons. The number of anilines is 1. The van der Waals surface area contributed by atoms with E-state index in [0.717, 1.165) is 11.8 Å². The van der Waals surface area contributed by atoms with Crippen LogP contribution in [0.5, 0.6) is 5.75 Å². The van der Waals surface area contributed by atoms with E-state index in [4.69, 9.17) is 9.84 Å². The number of benzene rings is 1. The van der Waals surface area contributed by atoms with Crippen LogP contribution in [-0.2, 0) is 9.59 Å². The molecule has 2 rings (SSSR count). The summed E-state index contributed by atoms with van der Waals surface area (Å²) in [4.78, 5) is 23.0. The first-order chi connectivity index (χ1) is 9.79. The van der Waals surface area contributed by atoms with Gasteiger partial charge in [-0.05, 0) is 18.2 Å². The summed E-state index contributed by atoms with van der Waals surface area (Å²) in [6, 6.07) is 4.29. The summed E-state index contributed by atoms with van der Waals surface area (Å²) < 4.78 is 42.9. The van der Waals surface area contributed by atoms with Gasteiger partial charge in [-0.1, -0.05) is 0 Å². The molecule has 0 spiro atoms. The van der Waals surface area contributed by atoms with Crippen LogP contribution in [0.15, 0.2) is 23.1 Å². The Bertz CT molecular complexity index is 576. The van der Waals surface area contributed by atoms with Gasteiger partial charge in [0.25, 0.3) is 0 Å². The van der Waals surface area contributed by atoms with Gasteiger partial charge in [0.05, 0.1) is 18.0 Å². The Morgan fingerprint density at radius 3 is 2.71 bits per heavy atom. The molecule has 0 saturated heterocycles. The molecule has 0 radical (unpaired) electrons. The van der Waals surface area contributed by atoms with Gasteiger partial charge >= 0.3 is 18.1 Å². The number of hydrogen-bond donors (Lipinski definition) is 1. The second kappa shape index (κ2) is 5.84. The number of nitrogens with zero attached hydrogens (tertiary/aromatic N) is 1. The smallest absolute Gasteiger partial charge is 0.471 e. The fourth-order valence-electron chi connectivity index (χ4n) is 1.80. The van der Waals surface area contributed by atoms with Gasteiger partial charge in [-0.25, -0.2) is 0 Å². The maximum absolute atomic E-state index is 12.6. The van der Waals surface area contributed by atoms with Crippen molar-refractivity contribution in [1.29, 1.82) is 0 Å². The Morgan fingerprint density at radius 2 is 2.10 bits per heavy atom. The molecule has 9 heteroatoms. The van der Waals surface area contributed by atoms with Crippen molar-refractivity contribution in [3.05, 3.63) is 18.2 Å². The number of carboxylic acids is 1. The summed E-state index contributed by atoms with van der Waals surface area (Å²) in [5.41, 5.74) is -0.000959. The van der Waals surface area contributed by atoms with Gasteiger partial charge in [0.2, 0.25) is 0 Å². The Hall–Kier alpha value is -1.90. The summed E-state index contributed by atoms with van der Waals surface area (Å²) in [6.07, 6.45) is -4.97. The predicted molar refractivity (Wildman–Crippen MR) is 68.7 cm³/mol. The van der Waals surface area contributed by atoms with Crippen LogP contribution in [0, 0.1) is 0 Å². The summed E-state index contributed by atoms with van der Waals surface area (Å²) in [6.45, 7) is -0.241. The highest BCUT2D eigenvalue weighted by Gasteiger charge is 2.44. The number of halogens is 3. The minimum atomic E-state index is -4.97. The number of amides is 1. The standard InChI is InChI=1S/C12H10F3NO4S/c13-12(14,15)11(19)16-3-4-20-9-2-1-7(5-8(9)16)21-6-10(17)18/h1-2,5H,3-4,6H2,(H,17,18). The number of thioether (sulfide) groups is 1. The number of rotatable bonds is 3. The van der Waals surface area contributed by atoms with E-state index in [2.05, 4.69) is 0 Å². The second-order valence-electron chi connectivity index (χ2n) is 4.11. The van der Waals surface area contributed by atoms with Crippen molar-refractivity contribution in [3.8, 4) is 5.75 Å². The van der Waals surface area contributed by atoms with Gasteiger partial charge in [-0.15, -0.1) is 11.8 Å². The lowest BCUT2D eigenvalue weighted by molar-refractivity contribution is -0.170. The van der Waals surface area contributed by atoms with E-state index in [-0.39, 0.29) is 30.3 Å². The van der Waals surface area contributed by atoms with Crippen molar-refractivity contribution in [2.45, 2.75) is 11.1 Å². The van der Waals surface area contributed by atoms with E-state index in [0.29, 0.717) is 9.80 Å². The molecule has 0 aromatic heterocycles. The molecule has 1 amide bonds. The van der Waals surface area contributed by atoms with E-state index < -0.39 is 18.1 Å². The maximum Gasteiger partial charge on any atom is 0.471 e. The van der Waals surface area contributed by atoms with Crippen molar-refractivity contribution in [2.24, 2.45) is 0 Å². The normalized spacial score (nSPS) is 14.3. The van der Waals surface area contributed by atoms with E-state index in [1.807, 2.05) is 0 Å². The largest absolute Gasteiger partial charge is 0.490 e. The SMILES string of the molecule is O=C(O)CSc1ccc2c(c1)N(C(=O)C(F)(F)F)CCO2. The molecule has 0 fully saturated rings. The molecule has 21 heavy (non-hydrogen) atoms. The van der Waals surface area contributed by atoms with Crippen LogP contribution in [0.2, 0.25) is 0 Å². The molecule has 5 nitrogen and oxygen atoms in total. The summed E-state index contributed by atoms with van der Waals surface area (Å²) in [5, 5.41) is 8.60. The van der Waals surface area contributed by atoms with Gasteiger partial charge in [-0.3, -0.25) is 14.5 Å². The molecule has 0 unspecified atom stereocenters. The molecular formula is C12H10F3NO4S. The highest BCUT2D eigenvalue weighted by molar-refractivity contribution is 8.00. The second-order valence-corrected chi connectivity index (χ2v) is 5.16. The summed E-state index contributed by atoms with van der Waals surface area (Å²) in [5.74, 6) is -3.07. The van der Waals surface area contributed by atoms with Crippen LogP contribution < -0.4 is 9.64 Å². The predicted octanol–water partition coefficient (Wildman–Crippen LogP) is 2.15. The Morgan fingerprint density at radius 1 is 1.38 bits per heavy atom. The Balaban J connectivity index is 2.29. The van der Waals surface area contributed by atoms with E-state index in [1.54, 1.807) is 0 Å². The molecule has 0 bridgehead atoms. The quantitative estimate of drug-likeness (QED) is 0.864. The molecule has 0 aliphatic carbocycles. The number of aliphatic carboxylic acids is 1. The lowest BCUT2D eigenvalue weighted by atomic mass is 10.2. The van der Waals surface area contributed by atoms with E-state index in [9.17, 15) is 22.8 Å². The fraction of sp³-hybridized carbons (Fsp3) is 0.333.